The van der Waals surface area contributed by atoms with Crippen LogP contribution in [-0.2, 0) is 9.59 Å². The average Bonchev–Trinajstić information content (AvgIpc) is 2.98. The largest absolute Gasteiger partial charge is 0.504 e. The van der Waals surface area contributed by atoms with Crippen LogP contribution in [0, 0.1) is 10.1 Å². The van der Waals surface area contributed by atoms with Crippen LogP contribution in [0.3, 0.4) is 0 Å². The molecule has 31 heavy (non-hydrogen) atoms. The molecule has 2 aromatic rings. The Morgan fingerprint density at radius 2 is 2.03 bits per heavy atom. The number of nitrogens with one attached hydrogen (secondary N) is 1. The van der Waals surface area contributed by atoms with Gasteiger partial charge in [-0.15, -0.1) is 0 Å². The van der Waals surface area contributed by atoms with Crippen LogP contribution in [0.1, 0.15) is 12.5 Å². The fourth-order valence-electron chi connectivity index (χ4n) is 2.69. The quantitative estimate of drug-likeness (QED) is 0.279. The maximum Gasteiger partial charge on any atom is 0.269 e. The van der Waals surface area contributed by atoms with E-state index in [-0.39, 0.29) is 22.3 Å². The maximum absolute atomic E-state index is 12.7. The number of ether oxygens (including phenoxy) is 1. The second kappa shape index (κ2) is 9.58. The van der Waals surface area contributed by atoms with Crippen molar-refractivity contribution in [1.82, 2.24) is 4.90 Å². The number of nitro groups is 1. The monoisotopic (exact) mass is 459 g/mol. The minimum absolute atomic E-state index is 0.00513. The number of non-ortho nitro benzene ring substituents is 1. The first-order valence-electron chi connectivity index (χ1n) is 9.04. The Morgan fingerprint density at radius 3 is 2.68 bits per heavy atom. The van der Waals surface area contributed by atoms with Gasteiger partial charge in [0.2, 0.25) is 5.91 Å². The number of nitrogens with zero attached hydrogens (tertiary/aromatic N) is 2. The van der Waals surface area contributed by atoms with E-state index in [0.29, 0.717) is 28.5 Å². The summed E-state index contributed by atoms with van der Waals surface area (Å²) in [6, 6.07) is 10.0. The number of hydrogen-bond acceptors (Lipinski definition) is 8. The number of phenols is 1. The number of thioether (sulfide) groups is 1. The lowest BCUT2D eigenvalue weighted by Crippen LogP contribution is -2.36. The lowest BCUT2D eigenvalue weighted by molar-refractivity contribution is -0.384. The van der Waals surface area contributed by atoms with Gasteiger partial charge in [0.1, 0.15) is 10.9 Å². The predicted molar refractivity (Wildman–Crippen MR) is 121 cm³/mol. The van der Waals surface area contributed by atoms with E-state index in [2.05, 4.69) is 5.32 Å². The SMILES string of the molecule is CCOc1cc(/C=C2\SC(=S)N(CC(=O)Nc3ccc([N+](=O)[O-])cc3)C2=O)ccc1O. The first-order valence-corrected chi connectivity index (χ1v) is 10.3. The number of benzene rings is 2. The summed E-state index contributed by atoms with van der Waals surface area (Å²) >= 11 is 6.30. The van der Waals surface area contributed by atoms with Crippen LogP contribution in [-0.4, -0.2) is 44.2 Å². The molecular formula is C20H17N3O6S2. The van der Waals surface area contributed by atoms with Crippen molar-refractivity contribution in [3.63, 3.8) is 0 Å². The van der Waals surface area contributed by atoms with Gasteiger partial charge in [-0.05, 0) is 42.8 Å². The lowest BCUT2D eigenvalue weighted by atomic mass is 10.2. The zero-order valence-electron chi connectivity index (χ0n) is 16.2. The predicted octanol–water partition coefficient (Wildman–Crippen LogP) is 3.54. The Hall–Kier alpha value is -3.44. The molecule has 0 aliphatic carbocycles. The Balaban J connectivity index is 1.68. The van der Waals surface area contributed by atoms with Crippen LogP contribution < -0.4 is 10.1 Å². The van der Waals surface area contributed by atoms with Crippen molar-refractivity contribution in [1.29, 1.82) is 0 Å². The Kier molecular flexibility index (Phi) is 6.88. The Labute approximate surface area is 186 Å². The second-order valence-electron chi connectivity index (χ2n) is 6.28. The lowest BCUT2D eigenvalue weighted by Gasteiger charge is -2.14. The molecule has 1 heterocycles. The third kappa shape index (κ3) is 5.38. The number of nitro benzene ring substituents is 1. The zero-order valence-corrected chi connectivity index (χ0v) is 17.9. The summed E-state index contributed by atoms with van der Waals surface area (Å²) in [5.41, 5.74) is 0.906. The summed E-state index contributed by atoms with van der Waals surface area (Å²) in [5, 5.41) is 23.1. The molecule has 0 atom stereocenters. The third-order valence-electron chi connectivity index (χ3n) is 4.12. The molecule has 11 heteroatoms. The number of thiocarbonyl (C=S) groups is 1. The molecular weight excluding hydrogens is 442 g/mol. The molecule has 9 nitrogen and oxygen atoms in total. The van der Waals surface area contributed by atoms with E-state index in [1.165, 1.54) is 35.2 Å². The molecule has 0 radical (unpaired) electrons. The van der Waals surface area contributed by atoms with Crippen molar-refractivity contribution in [2.75, 3.05) is 18.5 Å². The fourth-order valence-corrected chi connectivity index (χ4v) is 3.94. The van der Waals surface area contributed by atoms with Crippen molar-refractivity contribution < 1.29 is 24.4 Å². The molecule has 0 spiro atoms. The first kappa shape index (κ1) is 22.2. The number of carbonyl (C=O) groups excluding carboxylic acids is 2. The van der Waals surface area contributed by atoms with Crippen LogP contribution in [0.25, 0.3) is 6.08 Å². The summed E-state index contributed by atoms with van der Waals surface area (Å²) in [6.07, 6.45) is 1.61. The number of amides is 2. The van der Waals surface area contributed by atoms with Gasteiger partial charge < -0.3 is 15.2 Å². The number of hydrogen-bond donors (Lipinski definition) is 2. The van der Waals surface area contributed by atoms with Gasteiger partial charge in [0.15, 0.2) is 11.5 Å². The van der Waals surface area contributed by atoms with Crippen molar-refractivity contribution in [2.45, 2.75) is 6.92 Å². The van der Waals surface area contributed by atoms with E-state index < -0.39 is 16.7 Å². The van der Waals surface area contributed by atoms with Gasteiger partial charge >= 0.3 is 0 Å². The summed E-state index contributed by atoms with van der Waals surface area (Å²) in [7, 11) is 0. The molecule has 0 bridgehead atoms. The molecule has 1 aliphatic rings. The molecule has 2 amide bonds. The van der Waals surface area contributed by atoms with Gasteiger partial charge in [0.25, 0.3) is 11.6 Å². The van der Waals surface area contributed by atoms with Crippen LogP contribution in [0.2, 0.25) is 0 Å². The van der Waals surface area contributed by atoms with E-state index in [9.17, 15) is 24.8 Å². The molecule has 1 saturated heterocycles. The van der Waals surface area contributed by atoms with Gasteiger partial charge in [0.05, 0.1) is 16.4 Å². The maximum atomic E-state index is 12.7. The highest BCUT2D eigenvalue weighted by atomic mass is 32.2. The smallest absolute Gasteiger partial charge is 0.269 e. The normalized spacial score (nSPS) is 14.7. The molecule has 0 aromatic heterocycles. The molecule has 3 rings (SSSR count). The van der Waals surface area contributed by atoms with Gasteiger partial charge in [-0.2, -0.15) is 0 Å². The summed E-state index contributed by atoms with van der Waals surface area (Å²) in [6.45, 7) is 1.88. The van der Waals surface area contributed by atoms with Crippen molar-refractivity contribution in [2.24, 2.45) is 0 Å². The Morgan fingerprint density at radius 1 is 1.32 bits per heavy atom. The molecule has 160 valence electrons. The van der Waals surface area contributed by atoms with Gasteiger partial charge in [-0.3, -0.25) is 24.6 Å². The van der Waals surface area contributed by atoms with E-state index in [1.54, 1.807) is 25.1 Å². The van der Waals surface area contributed by atoms with Crippen LogP contribution in [0.15, 0.2) is 47.4 Å². The number of aromatic hydroxyl groups is 1. The van der Waals surface area contributed by atoms with Crippen molar-refractivity contribution in [3.05, 3.63) is 63.0 Å². The van der Waals surface area contributed by atoms with Crippen LogP contribution in [0.5, 0.6) is 11.5 Å². The minimum Gasteiger partial charge on any atom is -0.504 e. The summed E-state index contributed by atoms with van der Waals surface area (Å²) in [4.78, 5) is 36.7. The zero-order chi connectivity index (χ0) is 22.5. The number of anilines is 1. The first-order chi connectivity index (χ1) is 14.8. The molecule has 1 aliphatic heterocycles. The fraction of sp³-hybridized carbons (Fsp3) is 0.150. The standard InChI is InChI=1S/C20H17N3O6S2/c1-2-29-16-9-12(3-8-15(16)24)10-17-19(26)22(20(30)31-17)11-18(25)21-13-4-6-14(7-5-13)23(27)28/h3-10,24H,2,11H2,1H3,(H,21,25)/b17-10-. The van der Waals surface area contributed by atoms with E-state index in [0.717, 1.165) is 11.8 Å². The van der Waals surface area contributed by atoms with Crippen LogP contribution in [0.4, 0.5) is 11.4 Å². The average molecular weight is 460 g/mol. The van der Waals surface area contributed by atoms with Crippen molar-refractivity contribution in [3.8, 4) is 11.5 Å². The summed E-state index contributed by atoms with van der Waals surface area (Å²) in [5.74, 6) is -0.613. The third-order valence-corrected chi connectivity index (χ3v) is 5.50. The van der Waals surface area contributed by atoms with E-state index >= 15 is 0 Å². The molecule has 2 N–H and O–H groups in total. The molecule has 0 saturated carbocycles. The van der Waals surface area contributed by atoms with E-state index in [4.69, 9.17) is 17.0 Å². The molecule has 1 fully saturated rings. The minimum atomic E-state index is -0.538. The number of rotatable bonds is 7. The highest BCUT2D eigenvalue weighted by Gasteiger charge is 2.33. The Bertz CT molecular complexity index is 1080. The van der Waals surface area contributed by atoms with Gasteiger partial charge in [-0.1, -0.05) is 30.0 Å². The van der Waals surface area contributed by atoms with E-state index in [1.807, 2.05) is 0 Å². The summed E-state index contributed by atoms with van der Waals surface area (Å²) < 4.78 is 5.58. The van der Waals surface area contributed by atoms with Gasteiger partial charge in [-0.25, -0.2) is 0 Å². The molecule has 2 aromatic carbocycles. The van der Waals surface area contributed by atoms with Gasteiger partial charge in [0, 0.05) is 17.8 Å². The van der Waals surface area contributed by atoms with Crippen LogP contribution >= 0.6 is 24.0 Å². The number of carbonyl (C=O) groups is 2. The van der Waals surface area contributed by atoms with Crippen molar-refractivity contribution >= 4 is 57.6 Å². The topological polar surface area (TPSA) is 122 Å². The highest BCUT2D eigenvalue weighted by Crippen LogP contribution is 2.34. The highest BCUT2D eigenvalue weighted by molar-refractivity contribution is 8.26. The second-order valence-corrected chi connectivity index (χ2v) is 7.96. The molecule has 0 unspecified atom stereocenters. The number of phenolic OH excluding ortho intramolecular Hbond substituents is 1.